The molecule has 0 radical (unpaired) electrons. The molecule has 4 aliphatic rings. The van der Waals surface area contributed by atoms with E-state index in [9.17, 15) is 19.2 Å². The number of nitrogens with zero attached hydrogens (tertiary/aromatic N) is 6. The number of ketones is 1. The van der Waals surface area contributed by atoms with E-state index in [1.54, 1.807) is 17.7 Å². The molecular formula is C43H51FN8O4. The molecule has 3 aliphatic heterocycles. The van der Waals surface area contributed by atoms with Crippen molar-refractivity contribution in [2.45, 2.75) is 108 Å². The summed E-state index contributed by atoms with van der Waals surface area (Å²) in [6.07, 6.45) is 11.0. The Hall–Kier alpha value is -5.04. The van der Waals surface area contributed by atoms with Crippen molar-refractivity contribution < 1.29 is 18.8 Å². The first kappa shape index (κ1) is 37.9. The Bertz CT molecular complexity index is 2220. The van der Waals surface area contributed by atoms with Gasteiger partial charge in [0.25, 0.3) is 5.56 Å². The molecule has 294 valence electrons. The molecule has 1 aromatic carbocycles. The number of likely N-dealkylation sites (tertiary alicyclic amines) is 1. The Morgan fingerprint density at radius 2 is 1.71 bits per heavy atom. The Balaban J connectivity index is 0.860. The van der Waals surface area contributed by atoms with Gasteiger partial charge < -0.3 is 15.1 Å². The minimum absolute atomic E-state index is 0.00563. The number of nitrogens with one attached hydrogen (secondary N) is 2. The monoisotopic (exact) mass is 762 g/mol. The summed E-state index contributed by atoms with van der Waals surface area (Å²) in [6, 6.07) is 12.0. The quantitative estimate of drug-likeness (QED) is 0.145. The minimum Gasteiger partial charge on any atom is -0.371 e. The van der Waals surface area contributed by atoms with E-state index in [2.05, 4.69) is 36.5 Å². The Labute approximate surface area is 326 Å². The molecule has 4 aromatic rings. The van der Waals surface area contributed by atoms with E-state index in [0.29, 0.717) is 79.6 Å². The van der Waals surface area contributed by atoms with Gasteiger partial charge in [0.05, 0.1) is 11.0 Å². The standard InChI is InChI=1S/C43H51FN8O4/c1-27-34-25-46-41(49-38(34)52(32-8-4-5-9-32)39(55)37(27)28(2)53)47-35-12-11-30(24-45-35)29-14-19-50(20-15-29)26-43(44)17-21-51(22-18-43)33-10-6-7-31(23-33)42(3)16-13-36(54)48-40(42)56/h6-7,10-12,23-25,29,32H,4-5,8-9,13-22,26H2,1-3H3,(H,48,54,56)(H,45,46,47,49)/t42-/m0/s1. The lowest BCUT2D eigenvalue weighted by Gasteiger charge is -2.42. The number of amides is 2. The van der Waals surface area contributed by atoms with Crippen LogP contribution in [0.2, 0.25) is 0 Å². The second-order valence-electron chi connectivity index (χ2n) is 16.7. The fourth-order valence-electron chi connectivity index (χ4n) is 9.42. The fourth-order valence-corrected chi connectivity index (χ4v) is 9.42. The topological polar surface area (TPSA) is 142 Å². The molecule has 0 bridgehead atoms. The van der Waals surface area contributed by atoms with Crippen molar-refractivity contribution in [3.05, 3.63) is 81.4 Å². The van der Waals surface area contributed by atoms with E-state index in [4.69, 9.17) is 4.98 Å². The smallest absolute Gasteiger partial charge is 0.263 e. The lowest BCUT2D eigenvalue weighted by molar-refractivity contribution is -0.137. The van der Waals surface area contributed by atoms with Gasteiger partial charge in [-0.3, -0.25) is 29.1 Å². The number of imide groups is 1. The Morgan fingerprint density at radius 3 is 2.39 bits per heavy atom. The van der Waals surface area contributed by atoms with Crippen molar-refractivity contribution in [2.24, 2.45) is 0 Å². The molecule has 4 fully saturated rings. The van der Waals surface area contributed by atoms with E-state index in [0.717, 1.165) is 68.4 Å². The summed E-state index contributed by atoms with van der Waals surface area (Å²) in [4.78, 5) is 69.0. The molecule has 1 aliphatic carbocycles. The SMILES string of the molecule is CC(=O)c1c(C)c2cnc(Nc3ccc(C4CCN(CC5(F)CCN(c6cccc([C@]7(C)CCC(=O)NC7=O)c6)CC5)CC4)cn3)nc2n(C2CCCC2)c1=O. The van der Waals surface area contributed by atoms with E-state index < -0.39 is 11.1 Å². The number of hydrogen-bond acceptors (Lipinski definition) is 10. The van der Waals surface area contributed by atoms with Gasteiger partial charge in [-0.15, -0.1) is 0 Å². The number of piperidine rings is 3. The van der Waals surface area contributed by atoms with Crippen LogP contribution in [0.1, 0.15) is 117 Å². The summed E-state index contributed by atoms with van der Waals surface area (Å²) in [5, 5.41) is 6.41. The highest BCUT2D eigenvalue weighted by Crippen LogP contribution is 2.37. The first-order chi connectivity index (χ1) is 26.9. The van der Waals surface area contributed by atoms with Gasteiger partial charge in [-0.2, -0.15) is 4.98 Å². The van der Waals surface area contributed by atoms with Gasteiger partial charge in [0.1, 0.15) is 17.1 Å². The number of carbonyl (C=O) groups is 3. The van der Waals surface area contributed by atoms with Gasteiger partial charge in [-0.05, 0) is 107 Å². The number of aromatic nitrogens is 4. The van der Waals surface area contributed by atoms with Crippen LogP contribution in [0.5, 0.6) is 0 Å². The number of fused-ring (bicyclic) bond motifs is 1. The summed E-state index contributed by atoms with van der Waals surface area (Å²) in [5.74, 6) is 0.537. The maximum Gasteiger partial charge on any atom is 0.263 e. The molecule has 2 N–H and O–H groups in total. The van der Waals surface area contributed by atoms with Crippen LogP contribution in [-0.4, -0.2) is 80.4 Å². The third-order valence-corrected chi connectivity index (χ3v) is 13.0. The number of aryl methyl sites for hydroxylation is 1. The molecule has 3 aromatic heterocycles. The lowest BCUT2D eigenvalue weighted by Crippen LogP contribution is -2.50. The molecule has 56 heavy (non-hydrogen) atoms. The number of carbonyl (C=O) groups excluding carboxylic acids is 3. The summed E-state index contributed by atoms with van der Waals surface area (Å²) < 4.78 is 18.0. The molecule has 1 atom stereocenters. The molecule has 12 nitrogen and oxygen atoms in total. The minimum atomic E-state index is -1.25. The second-order valence-corrected chi connectivity index (χ2v) is 16.7. The molecule has 2 amide bonds. The summed E-state index contributed by atoms with van der Waals surface area (Å²) in [5.41, 5.74) is 2.09. The largest absolute Gasteiger partial charge is 0.371 e. The van der Waals surface area contributed by atoms with Crippen molar-refractivity contribution >= 4 is 46.1 Å². The van der Waals surface area contributed by atoms with Crippen LogP contribution < -0.4 is 21.1 Å². The number of halogens is 1. The number of rotatable bonds is 9. The third kappa shape index (κ3) is 7.33. The molecule has 13 heteroatoms. The van der Waals surface area contributed by atoms with Crippen LogP contribution in [-0.2, 0) is 15.0 Å². The maximum absolute atomic E-state index is 16.3. The van der Waals surface area contributed by atoms with Gasteiger partial charge in [0, 0.05) is 68.4 Å². The van der Waals surface area contributed by atoms with Crippen LogP contribution in [0.4, 0.5) is 21.8 Å². The van der Waals surface area contributed by atoms with Gasteiger partial charge in [-0.1, -0.05) is 31.0 Å². The number of anilines is 3. The predicted molar refractivity (Wildman–Crippen MR) is 213 cm³/mol. The van der Waals surface area contributed by atoms with Gasteiger partial charge in [0.15, 0.2) is 5.78 Å². The molecule has 0 unspecified atom stereocenters. The molecule has 1 saturated carbocycles. The number of benzene rings is 1. The highest BCUT2D eigenvalue weighted by Gasteiger charge is 2.41. The number of Topliss-reactive ketones (excluding diaryl/α,β-unsaturated/α-hetero) is 1. The predicted octanol–water partition coefficient (Wildman–Crippen LogP) is 6.44. The van der Waals surface area contributed by atoms with Gasteiger partial charge >= 0.3 is 0 Å². The van der Waals surface area contributed by atoms with Crippen LogP contribution in [0.25, 0.3) is 11.0 Å². The highest BCUT2D eigenvalue weighted by molar-refractivity contribution is 6.03. The number of pyridine rings is 2. The Kier molecular flexibility index (Phi) is 10.2. The van der Waals surface area contributed by atoms with Crippen LogP contribution in [0, 0.1) is 6.92 Å². The third-order valence-electron chi connectivity index (χ3n) is 13.0. The molecular weight excluding hydrogens is 712 g/mol. The Morgan fingerprint density at radius 1 is 0.964 bits per heavy atom. The zero-order valence-corrected chi connectivity index (χ0v) is 32.6. The summed E-state index contributed by atoms with van der Waals surface area (Å²) >= 11 is 0. The molecule has 8 rings (SSSR count). The van der Waals surface area contributed by atoms with Crippen LogP contribution in [0.3, 0.4) is 0 Å². The lowest BCUT2D eigenvalue weighted by atomic mass is 9.75. The first-order valence-corrected chi connectivity index (χ1v) is 20.2. The second kappa shape index (κ2) is 15.1. The highest BCUT2D eigenvalue weighted by atomic mass is 19.1. The summed E-state index contributed by atoms with van der Waals surface area (Å²) in [6.45, 7) is 8.39. The normalized spacial score (nSPS) is 22.4. The van der Waals surface area contributed by atoms with Crippen molar-refractivity contribution in [3.63, 3.8) is 0 Å². The maximum atomic E-state index is 16.3. The van der Waals surface area contributed by atoms with E-state index >= 15 is 4.39 Å². The van der Waals surface area contributed by atoms with Crippen molar-refractivity contribution in [2.75, 3.05) is 42.9 Å². The van der Waals surface area contributed by atoms with E-state index in [-0.39, 0.29) is 34.8 Å². The van der Waals surface area contributed by atoms with Crippen molar-refractivity contribution in [3.8, 4) is 0 Å². The van der Waals surface area contributed by atoms with E-state index in [1.165, 1.54) is 6.92 Å². The van der Waals surface area contributed by atoms with E-state index in [1.807, 2.05) is 43.5 Å². The zero-order valence-electron chi connectivity index (χ0n) is 32.6. The average molecular weight is 763 g/mol. The number of alkyl halides is 1. The van der Waals surface area contributed by atoms with Crippen LogP contribution in [0.15, 0.2) is 53.6 Å². The fraction of sp³-hybridized carbons (Fsp3) is 0.512. The molecule has 6 heterocycles. The molecule has 3 saturated heterocycles. The van der Waals surface area contributed by atoms with Gasteiger partial charge in [0.2, 0.25) is 17.8 Å². The van der Waals surface area contributed by atoms with Crippen molar-refractivity contribution in [1.29, 1.82) is 0 Å². The summed E-state index contributed by atoms with van der Waals surface area (Å²) in [7, 11) is 0. The van der Waals surface area contributed by atoms with Gasteiger partial charge in [-0.25, -0.2) is 14.4 Å². The average Bonchev–Trinajstić information content (AvgIpc) is 3.72. The first-order valence-electron chi connectivity index (χ1n) is 20.2. The number of hydrogen-bond donors (Lipinski definition) is 2. The van der Waals surface area contributed by atoms with Crippen LogP contribution >= 0.6 is 0 Å². The molecule has 0 spiro atoms. The van der Waals surface area contributed by atoms with Crippen molar-refractivity contribution in [1.82, 2.24) is 29.7 Å². The zero-order chi connectivity index (χ0) is 39.2.